The zero-order valence-corrected chi connectivity index (χ0v) is 37.4. The Balaban J connectivity index is 0.000000679. The number of nitrogens with zero attached hydrogens (tertiary/aromatic N) is 3. The van der Waals surface area contributed by atoms with Crippen LogP contribution in [-0.2, 0) is 17.2 Å². The summed E-state index contributed by atoms with van der Waals surface area (Å²) in [5, 5.41) is 0. The lowest BCUT2D eigenvalue weighted by molar-refractivity contribution is -0.395. The van der Waals surface area contributed by atoms with Crippen LogP contribution in [0.5, 0.6) is 23.0 Å². The molecular formula is C51H43F3N4O7S. The van der Waals surface area contributed by atoms with Gasteiger partial charge in [-0.2, -0.15) is 13.2 Å². The molecule has 0 atom stereocenters. The average molecular weight is 913 g/mol. The fourth-order valence-corrected chi connectivity index (χ4v) is 8.09. The Hall–Kier alpha value is -7.62. The summed E-state index contributed by atoms with van der Waals surface area (Å²) in [5.41, 5.74) is 10.5. The molecule has 11 nitrogen and oxygen atoms in total. The lowest BCUT2D eigenvalue weighted by Gasteiger charge is -2.10. The van der Waals surface area contributed by atoms with Crippen molar-refractivity contribution in [2.75, 3.05) is 35.5 Å². The van der Waals surface area contributed by atoms with Gasteiger partial charge in [-0.05, 0) is 107 Å². The lowest BCUT2D eigenvalue weighted by Crippen LogP contribution is -2.21. The molecule has 0 saturated heterocycles. The summed E-state index contributed by atoms with van der Waals surface area (Å²) in [6.07, 6.45) is 6.45. The molecule has 7 aromatic rings. The Kier molecular flexibility index (Phi) is 12.3. The van der Waals surface area contributed by atoms with Crippen molar-refractivity contribution in [3.63, 3.8) is 0 Å². The molecule has 0 unspecified atom stereocenters. The van der Waals surface area contributed by atoms with Gasteiger partial charge in [0.15, 0.2) is 16.3 Å². The van der Waals surface area contributed by atoms with Gasteiger partial charge in [-0.3, -0.25) is 0 Å². The van der Waals surface area contributed by atoms with Crippen LogP contribution >= 0.6 is 0 Å². The van der Waals surface area contributed by atoms with Gasteiger partial charge in [0.1, 0.15) is 30.0 Å². The third-order valence-corrected chi connectivity index (χ3v) is 11.9. The van der Waals surface area contributed by atoms with Crippen LogP contribution in [0.3, 0.4) is 0 Å². The average Bonchev–Trinajstić information content (AvgIpc) is 4.14. The zero-order valence-electron chi connectivity index (χ0n) is 36.6. The van der Waals surface area contributed by atoms with E-state index in [4.69, 9.17) is 36.9 Å². The maximum absolute atomic E-state index is 10.7. The highest BCUT2D eigenvalue weighted by molar-refractivity contribution is 7.86. The van der Waals surface area contributed by atoms with Crippen molar-refractivity contribution in [2.45, 2.75) is 5.51 Å². The van der Waals surface area contributed by atoms with Gasteiger partial charge in [0.2, 0.25) is 5.69 Å². The van der Waals surface area contributed by atoms with Crippen molar-refractivity contribution < 1.29 is 49.7 Å². The quantitative estimate of drug-likeness (QED) is 0.0906. The molecule has 8 bridgehead atoms. The van der Waals surface area contributed by atoms with Gasteiger partial charge in [0.25, 0.3) is 0 Å². The van der Waals surface area contributed by atoms with Gasteiger partial charge >= 0.3 is 5.51 Å². The Labute approximate surface area is 379 Å². The minimum Gasteiger partial charge on any atom is -0.741 e. The Bertz CT molecular complexity index is 3300. The number of halogens is 3. The fourth-order valence-electron chi connectivity index (χ4n) is 8.09. The third kappa shape index (κ3) is 8.77. The number of H-pyrrole nitrogens is 1. The molecule has 0 amide bonds. The molecule has 9 rings (SSSR count). The van der Waals surface area contributed by atoms with Crippen LogP contribution in [-0.4, -0.2) is 79.3 Å². The predicted molar refractivity (Wildman–Crippen MR) is 251 cm³/mol. The van der Waals surface area contributed by atoms with Crippen molar-refractivity contribution in [3.8, 4) is 67.5 Å². The number of hydrogen-bond donors (Lipinski definition) is 1. The van der Waals surface area contributed by atoms with Crippen molar-refractivity contribution in [1.82, 2.24) is 14.5 Å². The standard InChI is InChI=1S/C50H42N4O4.CHF3O3S/c1-53-30-35-29-46(53)50(34-13-21-39(58-6)22-14-34)45-28-27-44(54(45)2)49(33-11-19-38(57-5)20-12-33)43-26-25-42(52-43)48(32-9-17-37(56-4)18-10-32)41-24-23-40(51-41)47(35)31-7-15-36(55-3)16-8-31;2-1(3,4)8(5,6)7/h7-30H,1-6H3;(H,5,6,7). The van der Waals surface area contributed by atoms with Crippen LogP contribution in [0.4, 0.5) is 18.9 Å². The van der Waals surface area contributed by atoms with Gasteiger partial charge in [-0.15, -0.1) is 0 Å². The van der Waals surface area contributed by atoms with Crippen LogP contribution in [0.2, 0.25) is 0 Å². The number of methoxy groups -OCH3 is 4. The third-order valence-electron chi connectivity index (χ3n) is 11.4. The second-order valence-corrected chi connectivity index (χ2v) is 16.6. The van der Waals surface area contributed by atoms with Crippen LogP contribution in [0, 0.1) is 0 Å². The molecule has 3 aromatic heterocycles. The summed E-state index contributed by atoms with van der Waals surface area (Å²) in [5.74, 6) is 3.18. The largest absolute Gasteiger partial charge is 0.741 e. The first-order valence-corrected chi connectivity index (χ1v) is 21.8. The predicted octanol–water partition coefficient (Wildman–Crippen LogP) is 11.2. The number of aromatic amines is 1. The van der Waals surface area contributed by atoms with E-state index < -0.39 is 15.6 Å². The molecule has 0 aliphatic carbocycles. The second-order valence-electron chi connectivity index (χ2n) is 15.2. The highest BCUT2D eigenvalue weighted by atomic mass is 32.2. The summed E-state index contributed by atoms with van der Waals surface area (Å²) in [6.45, 7) is 0. The van der Waals surface area contributed by atoms with E-state index in [0.717, 1.165) is 112 Å². The molecular weight excluding hydrogens is 870 g/mol. The van der Waals surface area contributed by atoms with E-state index in [-0.39, 0.29) is 0 Å². The summed E-state index contributed by atoms with van der Waals surface area (Å²) in [7, 11) is 4.93. The van der Waals surface area contributed by atoms with Gasteiger partial charge < -0.3 is 33.1 Å². The minimum atomic E-state index is -6.09. The molecule has 66 heavy (non-hydrogen) atoms. The van der Waals surface area contributed by atoms with Crippen molar-refractivity contribution >= 4 is 56.2 Å². The highest BCUT2D eigenvalue weighted by Crippen LogP contribution is 2.42. The Morgan fingerprint density at radius 1 is 0.576 bits per heavy atom. The maximum Gasteiger partial charge on any atom is 0.485 e. The number of aryl methyl sites for hydroxylation is 1. The van der Waals surface area contributed by atoms with E-state index in [9.17, 15) is 13.2 Å². The molecule has 4 aromatic carbocycles. The number of ether oxygens (including phenoxy) is 4. The van der Waals surface area contributed by atoms with E-state index in [2.05, 4.69) is 125 Å². The number of aromatic nitrogens is 3. The molecule has 0 radical (unpaired) electrons. The summed E-state index contributed by atoms with van der Waals surface area (Å²) < 4.78 is 85.7. The molecule has 0 saturated carbocycles. The van der Waals surface area contributed by atoms with E-state index in [1.165, 1.54) is 0 Å². The van der Waals surface area contributed by atoms with Crippen molar-refractivity contribution in [2.24, 2.45) is 7.05 Å². The highest BCUT2D eigenvalue weighted by Gasteiger charge is 2.37. The Morgan fingerprint density at radius 3 is 1.36 bits per heavy atom. The number of benzene rings is 4. The topological polar surface area (TPSA) is 131 Å². The van der Waals surface area contributed by atoms with Gasteiger partial charge in [0.05, 0.1) is 62.0 Å². The van der Waals surface area contributed by atoms with Gasteiger partial charge in [-0.1, -0.05) is 48.5 Å². The molecule has 5 heterocycles. The number of alkyl halides is 3. The normalized spacial score (nSPS) is 12.2. The first kappa shape index (κ1) is 45.0. The van der Waals surface area contributed by atoms with Gasteiger partial charge in [-0.25, -0.2) is 18.0 Å². The fraction of sp³-hybridized carbons (Fsp3) is 0.137. The smallest absolute Gasteiger partial charge is 0.485 e. The van der Waals surface area contributed by atoms with E-state index in [1.54, 1.807) is 28.4 Å². The molecule has 15 heteroatoms. The van der Waals surface area contributed by atoms with Crippen LogP contribution in [0.25, 0.3) is 78.7 Å². The minimum absolute atomic E-state index is 0.788. The van der Waals surface area contributed by atoms with Gasteiger partial charge in [0, 0.05) is 40.8 Å². The molecule has 2 aliphatic heterocycles. The number of rotatable bonds is 8. The number of nitrogens with one attached hydrogen (secondary N) is 1. The molecule has 0 spiro atoms. The maximum atomic E-state index is 10.7. The van der Waals surface area contributed by atoms with Crippen LogP contribution < -0.4 is 18.9 Å². The first-order chi connectivity index (χ1) is 31.6. The van der Waals surface area contributed by atoms with E-state index in [0.29, 0.717) is 0 Å². The summed E-state index contributed by atoms with van der Waals surface area (Å²) in [6, 6.07) is 44.0. The van der Waals surface area contributed by atoms with Crippen LogP contribution in [0.1, 0.15) is 17.0 Å². The lowest BCUT2D eigenvalue weighted by atomic mass is 9.99. The van der Waals surface area contributed by atoms with E-state index in [1.807, 2.05) is 48.5 Å². The number of hydrogen-bond acceptors (Lipinski definition) is 8. The summed E-state index contributed by atoms with van der Waals surface area (Å²) >= 11 is 0. The van der Waals surface area contributed by atoms with Crippen molar-refractivity contribution in [3.05, 3.63) is 144 Å². The van der Waals surface area contributed by atoms with E-state index >= 15 is 0 Å². The SMILES string of the molecule is COc1ccc(-c2c3cc(c(-c4ccc(OC)cc4)c4ccc(c(-c5ccc(OC)cc5)c5ccc([nH]5)c(-c5ccc(OC)cc5)c5nc2C=C5)n4C)[N+](C)=C3)cc1.O=S(=O)([O-])C(F)(F)F. The first-order valence-electron chi connectivity index (χ1n) is 20.4. The molecule has 2 aliphatic rings. The zero-order chi connectivity index (χ0) is 46.9. The second kappa shape index (κ2) is 18.1. The molecule has 0 fully saturated rings. The van der Waals surface area contributed by atoms with Crippen molar-refractivity contribution in [1.29, 1.82) is 0 Å². The monoisotopic (exact) mass is 912 g/mol. The number of fused-ring (bicyclic) bond motifs is 8. The Morgan fingerprint density at radius 2 is 0.939 bits per heavy atom. The summed E-state index contributed by atoms with van der Waals surface area (Å²) in [4.78, 5) is 9.30. The van der Waals surface area contributed by atoms with Crippen LogP contribution in [0.15, 0.2) is 127 Å². The molecule has 1 N–H and O–H groups in total. The molecule has 336 valence electrons.